The number of halogens is 1. The topological polar surface area (TPSA) is 75.1 Å². The van der Waals surface area contributed by atoms with Gasteiger partial charge < -0.3 is 10.4 Å². The molecule has 0 radical (unpaired) electrons. The molecule has 7 heteroatoms. The fraction of sp³-hybridized carbons (Fsp3) is 0.188. The molecule has 118 valence electrons. The van der Waals surface area contributed by atoms with Gasteiger partial charge in [0.2, 0.25) is 5.28 Å². The first-order valence-electron chi connectivity index (χ1n) is 6.98. The Labute approximate surface area is 142 Å². The molecule has 2 heterocycles. The number of hydrogen-bond donors (Lipinski definition) is 2. The molecule has 1 atom stereocenters. The highest BCUT2D eigenvalue weighted by molar-refractivity contribution is 7.19. The summed E-state index contributed by atoms with van der Waals surface area (Å²) in [6.45, 7) is 3.57. The summed E-state index contributed by atoms with van der Waals surface area (Å²) in [5, 5.41) is 13.0. The summed E-state index contributed by atoms with van der Waals surface area (Å²) in [6.07, 6.45) is 0. The van der Waals surface area contributed by atoms with Crippen LogP contribution in [0.4, 0.5) is 5.82 Å². The van der Waals surface area contributed by atoms with Gasteiger partial charge in [0, 0.05) is 10.4 Å². The molecule has 1 aromatic carbocycles. The molecule has 0 amide bonds. The summed E-state index contributed by atoms with van der Waals surface area (Å²) in [5.74, 6) is -0.515. The van der Waals surface area contributed by atoms with Gasteiger partial charge in [-0.2, -0.15) is 0 Å². The standard InChI is InChI=1S/C16H14ClN3O2S/c1-8(15(21)22)18-13-12-11(10-6-4-3-5-7-10)9(2)23-14(12)20-16(17)19-13/h3-8H,1-2H3,(H,21,22)(H,18,19,20). The molecular weight excluding hydrogens is 334 g/mol. The Morgan fingerprint density at radius 2 is 2.00 bits per heavy atom. The van der Waals surface area contributed by atoms with Crippen molar-refractivity contribution < 1.29 is 9.90 Å². The van der Waals surface area contributed by atoms with Crippen molar-refractivity contribution in [3.8, 4) is 11.1 Å². The first kappa shape index (κ1) is 15.7. The number of fused-ring (bicyclic) bond motifs is 1. The Bertz CT molecular complexity index is 880. The summed E-state index contributed by atoms with van der Waals surface area (Å²) in [7, 11) is 0. The van der Waals surface area contributed by atoms with Crippen LogP contribution in [0.1, 0.15) is 11.8 Å². The Kier molecular flexibility index (Phi) is 4.19. The number of aromatic nitrogens is 2. The molecule has 23 heavy (non-hydrogen) atoms. The number of carboxylic acids is 1. The van der Waals surface area contributed by atoms with Crippen LogP contribution < -0.4 is 5.32 Å². The van der Waals surface area contributed by atoms with E-state index in [1.165, 1.54) is 11.3 Å². The second-order valence-corrected chi connectivity index (χ2v) is 6.67. The molecule has 0 saturated heterocycles. The van der Waals surface area contributed by atoms with E-state index in [2.05, 4.69) is 15.3 Å². The SMILES string of the molecule is Cc1sc2nc(Cl)nc(NC(C)C(=O)O)c2c1-c1ccccc1. The summed E-state index contributed by atoms with van der Waals surface area (Å²) in [6, 6.07) is 9.10. The van der Waals surface area contributed by atoms with E-state index in [-0.39, 0.29) is 5.28 Å². The molecule has 3 aromatic rings. The van der Waals surface area contributed by atoms with Crippen molar-refractivity contribution in [1.82, 2.24) is 9.97 Å². The molecular formula is C16H14ClN3O2S. The highest BCUT2D eigenvalue weighted by Gasteiger charge is 2.20. The fourth-order valence-corrected chi connectivity index (χ4v) is 3.67. The molecule has 1 unspecified atom stereocenters. The maximum atomic E-state index is 11.1. The maximum absolute atomic E-state index is 11.1. The van der Waals surface area contributed by atoms with Crippen molar-refractivity contribution in [3.05, 3.63) is 40.5 Å². The number of carbonyl (C=O) groups is 1. The Balaban J connectivity index is 2.25. The average molecular weight is 348 g/mol. The zero-order valence-corrected chi connectivity index (χ0v) is 14.1. The van der Waals surface area contributed by atoms with Crippen molar-refractivity contribution >= 4 is 44.9 Å². The normalized spacial score (nSPS) is 12.3. The minimum absolute atomic E-state index is 0.0958. The number of benzene rings is 1. The minimum Gasteiger partial charge on any atom is -0.480 e. The quantitative estimate of drug-likeness (QED) is 0.691. The predicted molar refractivity (Wildman–Crippen MR) is 93.3 cm³/mol. The summed E-state index contributed by atoms with van der Waals surface area (Å²) in [4.78, 5) is 21.5. The van der Waals surface area contributed by atoms with Gasteiger partial charge in [-0.1, -0.05) is 30.3 Å². The van der Waals surface area contributed by atoms with E-state index >= 15 is 0 Å². The number of nitrogens with one attached hydrogen (secondary N) is 1. The number of carboxylic acid groups (broad SMARTS) is 1. The van der Waals surface area contributed by atoms with Crippen molar-refractivity contribution in [1.29, 1.82) is 0 Å². The highest BCUT2D eigenvalue weighted by Crippen LogP contribution is 2.41. The van der Waals surface area contributed by atoms with Gasteiger partial charge in [0.05, 0.1) is 5.39 Å². The number of anilines is 1. The van der Waals surface area contributed by atoms with Crippen LogP contribution in [-0.2, 0) is 4.79 Å². The van der Waals surface area contributed by atoms with E-state index < -0.39 is 12.0 Å². The molecule has 0 aliphatic carbocycles. The van der Waals surface area contributed by atoms with Crippen LogP contribution >= 0.6 is 22.9 Å². The maximum Gasteiger partial charge on any atom is 0.325 e. The molecule has 0 bridgehead atoms. The molecule has 5 nitrogen and oxygen atoms in total. The lowest BCUT2D eigenvalue weighted by Gasteiger charge is -2.12. The van der Waals surface area contributed by atoms with Gasteiger partial charge in [-0.15, -0.1) is 11.3 Å². The number of aryl methyl sites for hydroxylation is 1. The third kappa shape index (κ3) is 3.00. The zero-order valence-electron chi connectivity index (χ0n) is 12.5. The Hall–Kier alpha value is -2.18. The van der Waals surface area contributed by atoms with Crippen LogP contribution in [-0.4, -0.2) is 27.1 Å². The van der Waals surface area contributed by atoms with Crippen molar-refractivity contribution in [2.45, 2.75) is 19.9 Å². The molecule has 3 rings (SSSR count). The molecule has 0 saturated carbocycles. The van der Waals surface area contributed by atoms with E-state index in [0.29, 0.717) is 5.82 Å². The van der Waals surface area contributed by atoms with E-state index in [0.717, 1.165) is 26.2 Å². The lowest BCUT2D eigenvalue weighted by atomic mass is 10.0. The second kappa shape index (κ2) is 6.14. The van der Waals surface area contributed by atoms with Gasteiger partial charge in [0.1, 0.15) is 16.7 Å². The van der Waals surface area contributed by atoms with E-state index in [4.69, 9.17) is 16.7 Å². The second-order valence-electron chi connectivity index (χ2n) is 5.12. The predicted octanol–water partition coefficient (Wildman–Crippen LogP) is 4.21. The number of rotatable bonds is 4. The first-order valence-corrected chi connectivity index (χ1v) is 8.18. The summed E-state index contributed by atoms with van der Waals surface area (Å²) < 4.78 is 0. The van der Waals surface area contributed by atoms with E-state index in [1.54, 1.807) is 6.92 Å². The third-order valence-corrected chi connectivity index (χ3v) is 4.65. The third-order valence-electron chi connectivity index (χ3n) is 3.49. The molecule has 0 spiro atoms. The van der Waals surface area contributed by atoms with Gasteiger partial charge in [0.25, 0.3) is 0 Å². The van der Waals surface area contributed by atoms with Crippen LogP contribution in [0.5, 0.6) is 0 Å². The van der Waals surface area contributed by atoms with Crippen LogP contribution in [0.15, 0.2) is 30.3 Å². The summed E-state index contributed by atoms with van der Waals surface area (Å²) >= 11 is 7.51. The van der Waals surface area contributed by atoms with Gasteiger partial charge in [-0.25, -0.2) is 9.97 Å². The van der Waals surface area contributed by atoms with Gasteiger partial charge >= 0.3 is 5.97 Å². The fourth-order valence-electron chi connectivity index (χ4n) is 2.41. The average Bonchev–Trinajstić information content (AvgIpc) is 2.83. The number of aliphatic carboxylic acids is 1. The van der Waals surface area contributed by atoms with Crippen molar-refractivity contribution in [2.75, 3.05) is 5.32 Å². The molecule has 0 aliphatic heterocycles. The smallest absolute Gasteiger partial charge is 0.325 e. The number of thiophene rings is 1. The van der Waals surface area contributed by atoms with E-state index in [1.807, 2.05) is 37.3 Å². The van der Waals surface area contributed by atoms with Gasteiger partial charge in [-0.05, 0) is 31.0 Å². The monoisotopic (exact) mass is 347 g/mol. The van der Waals surface area contributed by atoms with Crippen LogP contribution in [0, 0.1) is 6.92 Å². The van der Waals surface area contributed by atoms with Gasteiger partial charge in [0.15, 0.2) is 0 Å². The first-order chi connectivity index (χ1) is 11.0. The molecule has 2 aromatic heterocycles. The van der Waals surface area contributed by atoms with Crippen LogP contribution in [0.3, 0.4) is 0 Å². The van der Waals surface area contributed by atoms with Crippen molar-refractivity contribution in [3.63, 3.8) is 0 Å². The van der Waals surface area contributed by atoms with Crippen LogP contribution in [0.25, 0.3) is 21.3 Å². The zero-order chi connectivity index (χ0) is 16.6. The Morgan fingerprint density at radius 1 is 1.30 bits per heavy atom. The number of nitrogens with zero attached hydrogens (tertiary/aromatic N) is 2. The lowest BCUT2D eigenvalue weighted by molar-refractivity contribution is -0.137. The molecule has 0 fully saturated rings. The highest BCUT2D eigenvalue weighted by atomic mass is 35.5. The van der Waals surface area contributed by atoms with E-state index in [9.17, 15) is 4.79 Å². The lowest BCUT2D eigenvalue weighted by Crippen LogP contribution is -2.26. The molecule has 0 aliphatic rings. The number of hydrogen-bond acceptors (Lipinski definition) is 5. The van der Waals surface area contributed by atoms with Crippen LogP contribution in [0.2, 0.25) is 5.28 Å². The minimum atomic E-state index is -0.957. The molecule has 2 N–H and O–H groups in total. The summed E-state index contributed by atoms with van der Waals surface area (Å²) in [5.41, 5.74) is 2.04. The Morgan fingerprint density at radius 3 is 2.65 bits per heavy atom. The largest absolute Gasteiger partial charge is 0.480 e. The van der Waals surface area contributed by atoms with Gasteiger partial charge in [-0.3, -0.25) is 4.79 Å². The van der Waals surface area contributed by atoms with Crippen molar-refractivity contribution in [2.24, 2.45) is 0 Å².